The number of fused-ring (bicyclic) bond motifs is 1. The van der Waals surface area contributed by atoms with Crippen molar-refractivity contribution in [2.75, 3.05) is 0 Å². The summed E-state index contributed by atoms with van der Waals surface area (Å²) in [5.41, 5.74) is 2.97. The molecule has 3 atom stereocenters. The number of benzene rings is 3. The smallest absolute Gasteiger partial charge is 0.349 e. The van der Waals surface area contributed by atoms with Crippen molar-refractivity contribution < 1.29 is 26.4 Å². The Morgan fingerprint density at radius 1 is 0.907 bits per heavy atom. The first-order valence-electron chi connectivity index (χ1n) is 14.9. The highest BCUT2D eigenvalue weighted by Gasteiger charge is 2.33. The molecular formula is C33H38F3N3O3S. The lowest BCUT2D eigenvalue weighted by Crippen LogP contribution is -2.36. The molecule has 0 bridgehead atoms. The molecule has 0 spiro atoms. The molecule has 3 aromatic rings. The van der Waals surface area contributed by atoms with Crippen molar-refractivity contribution in [1.29, 1.82) is 0 Å². The number of hydrogen-bond acceptors (Lipinski definition) is 4. The van der Waals surface area contributed by atoms with Crippen molar-refractivity contribution in [2.45, 2.75) is 93.5 Å². The van der Waals surface area contributed by atoms with Crippen LogP contribution in [0, 0.1) is 0 Å². The Labute approximate surface area is 251 Å². The van der Waals surface area contributed by atoms with Crippen molar-refractivity contribution in [3.8, 4) is 0 Å². The van der Waals surface area contributed by atoms with E-state index in [-0.39, 0.29) is 24.4 Å². The standard InChI is InChI=1S/C33H38F3N3O3S/c1-22(37-27-13-5-6-14-27)24-17-18-29-25(19-24)11-7-16-30(29)38-32(40)21-31(23-9-3-2-4-10-23)39-43(41,42)28-15-8-12-26(20-28)33(34,35)36/h2-4,8-10,12,15,17-20,22,27,30-31,37,39H,5-7,11,13-14,16,21H2,1H3,(H,38,40)/t22-,30-,31-/m1/s1. The van der Waals surface area contributed by atoms with Gasteiger partial charge in [0, 0.05) is 18.5 Å². The molecule has 230 valence electrons. The van der Waals surface area contributed by atoms with Gasteiger partial charge in [-0.1, -0.05) is 67.4 Å². The van der Waals surface area contributed by atoms with E-state index in [1.54, 1.807) is 30.3 Å². The quantitative estimate of drug-likeness (QED) is 0.232. The van der Waals surface area contributed by atoms with E-state index in [2.05, 4.69) is 40.5 Å². The molecule has 0 aromatic heterocycles. The number of nitrogens with one attached hydrogen (secondary N) is 3. The minimum Gasteiger partial charge on any atom is -0.349 e. The number of sulfonamides is 1. The first-order chi connectivity index (χ1) is 20.5. The molecule has 0 heterocycles. The minimum atomic E-state index is -4.69. The topological polar surface area (TPSA) is 87.3 Å². The number of alkyl halides is 3. The maximum Gasteiger partial charge on any atom is 0.416 e. The Kier molecular flexibility index (Phi) is 9.58. The van der Waals surface area contributed by atoms with Gasteiger partial charge in [-0.25, -0.2) is 13.1 Å². The Balaban J connectivity index is 1.30. The van der Waals surface area contributed by atoms with Crippen LogP contribution in [0.15, 0.2) is 77.7 Å². The third-order valence-electron chi connectivity index (χ3n) is 8.52. The van der Waals surface area contributed by atoms with Crippen LogP contribution >= 0.6 is 0 Å². The molecule has 6 nitrogen and oxygen atoms in total. The van der Waals surface area contributed by atoms with Crippen LogP contribution in [0.3, 0.4) is 0 Å². The lowest BCUT2D eigenvalue weighted by molar-refractivity contribution is -0.137. The summed E-state index contributed by atoms with van der Waals surface area (Å²) >= 11 is 0. The van der Waals surface area contributed by atoms with E-state index >= 15 is 0 Å². The van der Waals surface area contributed by atoms with E-state index in [4.69, 9.17) is 0 Å². The van der Waals surface area contributed by atoms with Crippen LogP contribution < -0.4 is 15.4 Å². The third kappa shape index (κ3) is 7.85. The maximum absolute atomic E-state index is 13.4. The number of halogens is 3. The van der Waals surface area contributed by atoms with E-state index in [1.807, 2.05) is 0 Å². The minimum absolute atomic E-state index is 0.208. The van der Waals surface area contributed by atoms with Crippen LogP contribution in [-0.2, 0) is 27.4 Å². The summed E-state index contributed by atoms with van der Waals surface area (Å²) in [6, 6.07) is 18.2. The fraction of sp³-hybridized carbons (Fsp3) is 0.424. The van der Waals surface area contributed by atoms with Crippen molar-refractivity contribution >= 4 is 15.9 Å². The van der Waals surface area contributed by atoms with Gasteiger partial charge >= 0.3 is 6.18 Å². The van der Waals surface area contributed by atoms with Crippen molar-refractivity contribution in [2.24, 2.45) is 0 Å². The van der Waals surface area contributed by atoms with E-state index in [1.165, 1.54) is 36.8 Å². The molecule has 2 aliphatic carbocycles. The first kappa shape index (κ1) is 31.2. The average Bonchev–Trinajstić information content (AvgIpc) is 3.50. The first-order valence-corrected chi connectivity index (χ1v) is 16.4. The molecule has 43 heavy (non-hydrogen) atoms. The largest absolute Gasteiger partial charge is 0.416 e. The average molecular weight is 614 g/mol. The van der Waals surface area contributed by atoms with E-state index < -0.39 is 32.7 Å². The zero-order chi connectivity index (χ0) is 30.6. The lowest BCUT2D eigenvalue weighted by Gasteiger charge is -2.29. The lowest BCUT2D eigenvalue weighted by atomic mass is 9.85. The van der Waals surface area contributed by atoms with Gasteiger partial charge < -0.3 is 10.6 Å². The molecule has 0 radical (unpaired) electrons. The highest BCUT2D eigenvalue weighted by atomic mass is 32.2. The predicted octanol–water partition coefficient (Wildman–Crippen LogP) is 6.90. The summed E-state index contributed by atoms with van der Waals surface area (Å²) in [5.74, 6) is -0.348. The zero-order valence-corrected chi connectivity index (χ0v) is 25.0. The van der Waals surface area contributed by atoms with E-state index in [0.717, 1.165) is 43.0 Å². The van der Waals surface area contributed by atoms with Crippen molar-refractivity contribution in [3.63, 3.8) is 0 Å². The number of rotatable bonds is 10. The van der Waals surface area contributed by atoms with E-state index in [9.17, 15) is 26.4 Å². The van der Waals surface area contributed by atoms with Gasteiger partial charge in [-0.2, -0.15) is 13.2 Å². The van der Waals surface area contributed by atoms with E-state index in [0.29, 0.717) is 17.7 Å². The molecule has 0 aliphatic heterocycles. The monoisotopic (exact) mass is 613 g/mol. The van der Waals surface area contributed by atoms with Crippen LogP contribution in [-0.4, -0.2) is 20.4 Å². The molecule has 0 unspecified atom stereocenters. The zero-order valence-electron chi connectivity index (χ0n) is 24.2. The molecule has 3 aromatic carbocycles. The fourth-order valence-electron chi connectivity index (χ4n) is 6.24. The molecule has 2 aliphatic rings. The second kappa shape index (κ2) is 13.2. The van der Waals surface area contributed by atoms with Crippen molar-refractivity contribution in [3.05, 3.63) is 101 Å². The summed E-state index contributed by atoms with van der Waals surface area (Å²) < 4.78 is 68.7. The van der Waals surface area contributed by atoms with Gasteiger partial charge in [0.15, 0.2) is 0 Å². The molecule has 5 rings (SSSR count). The second-order valence-corrected chi connectivity index (χ2v) is 13.4. The summed E-state index contributed by atoms with van der Waals surface area (Å²) in [6.07, 6.45) is 2.67. The molecular weight excluding hydrogens is 575 g/mol. The molecule has 0 saturated heterocycles. The molecule has 1 fully saturated rings. The summed E-state index contributed by atoms with van der Waals surface area (Å²) in [4.78, 5) is 12.9. The summed E-state index contributed by atoms with van der Waals surface area (Å²) in [5, 5.41) is 6.84. The van der Waals surface area contributed by atoms with Gasteiger partial charge in [0.05, 0.1) is 22.5 Å². The van der Waals surface area contributed by atoms with Gasteiger partial charge in [-0.05, 0) is 79.5 Å². The van der Waals surface area contributed by atoms with Gasteiger partial charge in [-0.15, -0.1) is 0 Å². The number of carbonyl (C=O) groups excluding carboxylic acids is 1. The van der Waals surface area contributed by atoms with Gasteiger partial charge in [-0.3, -0.25) is 4.79 Å². The highest BCUT2D eigenvalue weighted by Crippen LogP contribution is 2.34. The van der Waals surface area contributed by atoms with Crippen LogP contribution in [0.2, 0.25) is 0 Å². The fourth-order valence-corrected chi connectivity index (χ4v) is 7.51. The molecule has 10 heteroatoms. The van der Waals surface area contributed by atoms with Crippen molar-refractivity contribution in [1.82, 2.24) is 15.4 Å². The Morgan fingerprint density at radius 3 is 2.37 bits per heavy atom. The summed E-state index contributed by atoms with van der Waals surface area (Å²) in [7, 11) is -4.38. The van der Waals surface area contributed by atoms with Crippen LogP contribution in [0.25, 0.3) is 0 Å². The Hall–Kier alpha value is -3.21. The third-order valence-corrected chi connectivity index (χ3v) is 9.99. The van der Waals surface area contributed by atoms with Crippen LogP contribution in [0.1, 0.15) is 97.8 Å². The summed E-state index contributed by atoms with van der Waals surface area (Å²) in [6.45, 7) is 2.19. The second-order valence-electron chi connectivity index (χ2n) is 11.7. The van der Waals surface area contributed by atoms with Gasteiger partial charge in [0.2, 0.25) is 15.9 Å². The Bertz CT molecular complexity index is 1520. The van der Waals surface area contributed by atoms with Crippen LogP contribution in [0.5, 0.6) is 0 Å². The predicted molar refractivity (Wildman–Crippen MR) is 160 cm³/mol. The van der Waals surface area contributed by atoms with Gasteiger partial charge in [0.1, 0.15) is 0 Å². The number of carbonyl (C=O) groups is 1. The normalized spacial score (nSPS) is 19.0. The molecule has 1 saturated carbocycles. The van der Waals surface area contributed by atoms with Crippen LogP contribution in [0.4, 0.5) is 13.2 Å². The maximum atomic E-state index is 13.4. The van der Waals surface area contributed by atoms with Gasteiger partial charge in [0.25, 0.3) is 0 Å². The number of amides is 1. The number of hydrogen-bond donors (Lipinski definition) is 3. The SMILES string of the molecule is C[C@@H](NC1CCCC1)c1ccc2c(c1)CCC[C@H]2NC(=O)C[C@@H](NS(=O)(=O)c1cccc(C(F)(F)F)c1)c1ccccc1. The highest BCUT2D eigenvalue weighted by molar-refractivity contribution is 7.89. The Morgan fingerprint density at radius 2 is 1.65 bits per heavy atom. The molecule has 1 amide bonds. The molecule has 3 N–H and O–H groups in total. The number of aryl methyl sites for hydroxylation is 1.